The molecule has 8 nitrogen and oxygen atoms in total. The van der Waals surface area contributed by atoms with Crippen LogP contribution >= 0.6 is 0 Å². The fourth-order valence-corrected chi connectivity index (χ4v) is 5.67. The Labute approximate surface area is 184 Å². The number of fused-ring (bicyclic) bond motifs is 2. The number of benzene rings is 2. The van der Waals surface area contributed by atoms with Gasteiger partial charge in [0.2, 0.25) is 0 Å². The third kappa shape index (κ3) is 3.15. The van der Waals surface area contributed by atoms with Crippen LogP contribution in [0.5, 0.6) is 0 Å². The molecule has 1 aliphatic rings. The summed E-state index contributed by atoms with van der Waals surface area (Å²) in [4.78, 5) is 15.1. The standard InChI is InChI=1S/C23H20N4O4S/c1-12-7-19(32(2,30)31)20(15-5-6-25-21(12)15)22(16-9-17(16)23(28)29)27-11-14-4-3-13(10-24)8-18(14)26-27/h3-8,11,16-17,22,25H,9H2,1-2H3,(H,28,29). The van der Waals surface area contributed by atoms with Gasteiger partial charge in [-0.1, -0.05) is 0 Å². The minimum absolute atomic E-state index is 0.181. The van der Waals surface area contributed by atoms with Crippen LogP contribution in [0.3, 0.4) is 0 Å². The van der Waals surface area contributed by atoms with Crippen LogP contribution in [-0.4, -0.2) is 40.5 Å². The molecule has 0 bridgehead atoms. The van der Waals surface area contributed by atoms with Crippen molar-refractivity contribution in [3.8, 4) is 6.07 Å². The number of aliphatic carboxylic acids is 1. The lowest BCUT2D eigenvalue weighted by atomic mass is 9.95. The van der Waals surface area contributed by atoms with Crippen molar-refractivity contribution >= 4 is 37.6 Å². The molecule has 2 N–H and O–H groups in total. The molecule has 5 rings (SSSR count). The molecule has 162 valence electrons. The Kier molecular flexibility index (Phi) is 4.39. The zero-order valence-corrected chi connectivity index (χ0v) is 18.2. The average molecular weight is 449 g/mol. The highest BCUT2D eigenvalue weighted by Gasteiger charge is 2.51. The first-order valence-electron chi connectivity index (χ1n) is 10.1. The predicted octanol–water partition coefficient (Wildman–Crippen LogP) is 3.41. The Hall–Kier alpha value is -3.64. The van der Waals surface area contributed by atoms with Crippen molar-refractivity contribution in [2.75, 3.05) is 6.26 Å². The summed E-state index contributed by atoms with van der Waals surface area (Å²) in [6.07, 6.45) is 5.15. The van der Waals surface area contributed by atoms with E-state index in [2.05, 4.69) is 16.2 Å². The van der Waals surface area contributed by atoms with E-state index in [4.69, 9.17) is 0 Å². The summed E-state index contributed by atoms with van der Waals surface area (Å²) in [5, 5.41) is 25.0. The fourth-order valence-electron chi connectivity index (χ4n) is 4.65. The SMILES string of the molecule is Cc1cc(S(C)(=O)=O)c(C(C2CC2C(=O)O)n2cc3ccc(C#N)cc3n2)c2cc[nH]c12. The van der Waals surface area contributed by atoms with Crippen LogP contribution in [0.25, 0.3) is 21.8 Å². The number of H-pyrrole nitrogens is 1. The van der Waals surface area contributed by atoms with Crippen molar-refractivity contribution in [3.63, 3.8) is 0 Å². The number of carbonyl (C=O) groups is 1. The predicted molar refractivity (Wildman–Crippen MR) is 118 cm³/mol. The van der Waals surface area contributed by atoms with Gasteiger partial charge in [0.1, 0.15) is 0 Å². The largest absolute Gasteiger partial charge is 0.481 e. The number of sulfone groups is 1. The normalized spacial score (nSPS) is 19.2. The number of aryl methyl sites for hydroxylation is 1. The highest BCUT2D eigenvalue weighted by atomic mass is 32.2. The Balaban J connectivity index is 1.81. The lowest BCUT2D eigenvalue weighted by molar-refractivity contribution is -0.138. The molecule has 0 amide bonds. The second-order valence-electron chi connectivity index (χ2n) is 8.43. The van der Waals surface area contributed by atoms with Crippen molar-refractivity contribution in [1.29, 1.82) is 5.26 Å². The Bertz CT molecular complexity index is 1560. The summed E-state index contributed by atoms with van der Waals surface area (Å²) in [6, 6.07) is 10.1. The lowest BCUT2D eigenvalue weighted by Crippen LogP contribution is -2.20. The Morgan fingerprint density at radius 2 is 2.12 bits per heavy atom. The number of hydrogen-bond acceptors (Lipinski definition) is 5. The molecule has 0 saturated heterocycles. The first kappa shape index (κ1) is 20.3. The van der Waals surface area contributed by atoms with Gasteiger partial charge in [-0.25, -0.2) is 8.42 Å². The van der Waals surface area contributed by atoms with Crippen LogP contribution in [0.4, 0.5) is 0 Å². The van der Waals surface area contributed by atoms with E-state index in [1.807, 2.05) is 13.0 Å². The van der Waals surface area contributed by atoms with Crippen LogP contribution in [-0.2, 0) is 14.6 Å². The fraction of sp³-hybridized carbons (Fsp3) is 0.261. The number of rotatable bonds is 5. The molecule has 0 aliphatic heterocycles. The van der Waals surface area contributed by atoms with Crippen LogP contribution in [0.2, 0.25) is 0 Å². The third-order valence-electron chi connectivity index (χ3n) is 6.24. The van der Waals surface area contributed by atoms with Crippen LogP contribution < -0.4 is 0 Å². The van der Waals surface area contributed by atoms with Crippen LogP contribution in [0.15, 0.2) is 47.6 Å². The van der Waals surface area contributed by atoms with Gasteiger partial charge in [-0.2, -0.15) is 10.4 Å². The number of nitrogens with one attached hydrogen (secondary N) is 1. The Morgan fingerprint density at radius 3 is 2.78 bits per heavy atom. The zero-order chi connectivity index (χ0) is 22.8. The van der Waals surface area contributed by atoms with E-state index in [1.165, 1.54) is 6.26 Å². The molecule has 1 saturated carbocycles. The minimum Gasteiger partial charge on any atom is -0.481 e. The number of aromatic nitrogens is 3. The molecule has 4 aromatic rings. The number of nitriles is 1. The minimum atomic E-state index is -3.61. The zero-order valence-electron chi connectivity index (χ0n) is 17.4. The molecule has 3 unspecified atom stereocenters. The van der Waals surface area contributed by atoms with E-state index in [0.717, 1.165) is 21.9 Å². The summed E-state index contributed by atoms with van der Waals surface area (Å²) >= 11 is 0. The second kappa shape index (κ2) is 6.93. The van der Waals surface area contributed by atoms with Gasteiger partial charge in [-0.05, 0) is 55.2 Å². The van der Waals surface area contributed by atoms with E-state index in [0.29, 0.717) is 23.1 Å². The molecule has 32 heavy (non-hydrogen) atoms. The molecule has 2 heterocycles. The monoisotopic (exact) mass is 448 g/mol. The van der Waals surface area contributed by atoms with Gasteiger partial charge in [-0.15, -0.1) is 0 Å². The van der Waals surface area contributed by atoms with Gasteiger partial charge in [0.15, 0.2) is 9.84 Å². The molecule has 3 atom stereocenters. The summed E-state index contributed by atoms with van der Waals surface area (Å²) in [5.74, 6) is -1.79. The topological polar surface area (TPSA) is 129 Å². The maximum atomic E-state index is 12.8. The van der Waals surface area contributed by atoms with Crippen LogP contribution in [0.1, 0.15) is 29.2 Å². The molecular formula is C23H20N4O4S. The molecule has 0 radical (unpaired) electrons. The van der Waals surface area contributed by atoms with Crippen molar-refractivity contribution in [2.24, 2.45) is 11.8 Å². The number of hydrogen-bond donors (Lipinski definition) is 2. The lowest BCUT2D eigenvalue weighted by Gasteiger charge is -2.22. The van der Waals surface area contributed by atoms with Crippen molar-refractivity contribution < 1.29 is 18.3 Å². The Morgan fingerprint density at radius 1 is 1.34 bits per heavy atom. The first-order valence-corrected chi connectivity index (χ1v) is 12.0. The summed E-state index contributed by atoms with van der Waals surface area (Å²) < 4.78 is 27.3. The molecular weight excluding hydrogens is 428 g/mol. The number of carboxylic acids is 1. The highest BCUT2D eigenvalue weighted by Crippen LogP contribution is 2.52. The van der Waals surface area contributed by atoms with E-state index in [-0.39, 0.29) is 10.8 Å². The molecule has 2 aromatic heterocycles. The third-order valence-corrected chi connectivity index (χ3v) is 7.38. The quantitative estimate of drug-likeness (QED) is 0.481. The summed E-state index contributed by atoms with van der Waals surface area (Å²) in [5.41, 5.74) is 3.22. The van der Waals surface area contributed by atoms with Gasteiger partial charge in [0.05, 0.1) is 34.0 Å². The molecule has 9 heteroatoms. The molecule has 1 fully saturated rings. The van der Waals surface area contributed by atoms with E-state index < -0.39 is 27.8 Å². The van der Waals surface area contributed by atoms with E-state index in [9.17, 15) is 23.6 Å². The maximum Gasteiger partial charge on any atom is 0.306 e. The van der Waals surface area contributed by atoms with Gasteiger partial charge < -0.3 is 10.1 Å². The van der Waals surface area contributed by atoms with Gasteiger partial charge >= 0.3 is 5.97 Å². The van der Waals surface area contributed by atoms with Crippen molar-refractivity contribution in [3.05, 3.63) is 59.4 Å². The van der Waals surface area contributed by atoms with Gasteiger partial charge in [-0.3, -0.25) is 9.48 Å². The smallest absolute Gasteiger partial charge is 0.306 e. The number of carboxylic acid groups (broad SMARTS) is 1. The maximum absolute atomic E-state index is 12.8. The summed E-state index contributed by atoms with van der Waals surface area (Å²) in [6.45, 7) is 1.84. The summed E-state index contributed by atoms with van der Waals surface area (Å²) in [7, 11) is -3.61. The van der Waals surface area contributed by atoms with E-state index >= 15 is 0 Å². The molecule has 2 aromatic carbocycles. The van der Waals surface area contributed by atoms with Crippen molar-refractivity contribution in [2.45, 2.75) is 24.3 Å². The average Bonchev–Trinajstić information content (AvgIpc) is 3.17. The number of aromatic amines is 1. The van der Waals surface area contributed by atoms with Gasteiger partial charge in [0.25, 0.3) is 0 Å². The molecule has 1 aliphatic carbocycles. The van der Waals surface area contributed by atoms with Gasteiger partial charge in [0, 0.05) is 40.5 Å². The van der Waals surface area contributed by atoms with E-state index in [1.54, 1.807) is 41.3 Å². The molecule has 0 spiro atoms. The van der Waals surface area contributed by atoms with Crippen molar-refractivity contribution in [1.82, 2.24) is 14.8 Å². The first-order chi connectivity index (χ1) is 15.2. The van der Waals surface area contributed by atoms with Crippen LogP contribution in [0, 0.1) is 30.1 Å². The highest BCUT2D eigenvalue weighted by molar-refractivity contribution is 7.90. The second-order valence-corrected chi connectivity index (χ2v) is 10.4. The number of nitrogens with zero attached hydrogens (tertiary/aromatic N) is 3.